The predicted octanol–water partition coefficient (Wildman–Crippen LogP) is 10.2. The third-order valence-electron chi connectivity index (χ3n) is 8.20. The maximum atomic E-state index is 5.24. The fourth-order valence-corrected chi connectivity index (χ4v) is 5.89. The third-order valence-corrected chi connectivity index (χ3v) is 8.20. The molecule has 4 heteroatoms. The summed E-state index contributed by atoms with van der Waals surface area (Å²) in [5.41, 5.74) is 14.4. The third kappa shape index (κ3) is 5.02. The first kappa shape index (κ1) is 26.6. The Kier molecular flexibility index (Phi) is 6.65. The van der Waals surface area contributed by atoms with Crippen molar-refractivity contribution < 1.29 is 0 Å². The lowest BCUT2D eigenvalue weighted by Crippen LogP contribution is -1.97. The van der Waals surface area contributed by atoms with Crippen LogP contribution >= 0.6 is 0 Å². The number of benzene rings is 6. The molecule has 0 aliphatic heterocycles. The zero-order valence-electron chi connectivity index (χ0n) is 24.7. The van der Waals surface area contributed by atoms with Crippen molar-refractivity contribution in [3.63, 3.8) is 0 Å². The van der Waals surface area contributed by atoms with Gasteiger partial charge in [0.05, 0.1) is 44.8 Å². The molecule has 0 unspecified atom stereocenters. The highest BCUT2D eigenvalue weighted by molar-refractivity contribution is 5.92. The van der Waals surface area contributed by atoms with Gasteiger partial charge in [-0.25, -0.2) is 19.9 Å². The van der Waals surface area contributed by atoms with Crippen LogP contribution < -0.4 is 0 Å². The highest BCUT2D eigenvalue weighted by Crippen LogP contribution is 2.35. The predicted molar refractivity (Wildman–Crippen MR) is 185 cm³/mol. The van der Waals surface area contributed by atoms with Crippen LogP contribution in [0.3, 0.4) is 0 Å². The molecule has 8 aromatic rings. The summed E-state index contributed by atoms with van der Waals surface area (Å²) in [5, 5.41) is 0. The number of hydrogen-bond acceptors (Lipinski definition) is 4. The summed E-state index contributed by atoms with van der Waals surface area (Å²) in [5.74, 6) is 0. The van der Waals surface area contributed by atoms with E-state index in [0.29, 0.717) is 0 Å². The summed E-state index contributed by atoms with van der Waals surface area (Å²) in [6, 6.07) is 51.8. The molecule has 0 radical (unpaired) electrons. The SMILES string of the molecule is Cc1ccccc1-c1nc2cc(-c3ccc4nc(-c5ccccc5)c(-c5ccccc5)nc4c3)ccc2nc1-c1ccccc1. The van der Waals surface area contributed by atoms with E-state index in [-0.39, 0.29) is 0 Å². The minimum absolute atomic E-state index is 0.845. The van der Waals surface area contributed by atoms with E-state index >= 15 is 0 Å². The molecule has 0 fully saturated rings. The van der Waals surface area contributed by atoms with Gasteiger partial charge in [-0.3, -0.25) is 0 Å². The van der Waals surface area contributed by atoms with E-state index in [9.17, 15) is 0 Å². The van der Waals surface area contributed by atoms with E-state index < -0.39 is 0 Å². The van der Waals surface area contributed by atoms with Crippen LogP contribution in [0.2, 0.25) is 0 Å². The average Bonchev–Trinajstić information content (AvgIpc) is 3.11. The number of fused-ring (bicyclic) bond motifs is 2. The molecule has 0 aliphatic carbocycles. The largest absolute Gasteiger partial charge is 0.244 e. The van der Waals surface area contributed by atoms with Crippen molar-refractivity contribution >= 4 is 22.1 Å². The molecule has 45 heavy (non-hydrogen) atoms. The molecule has 2 heterocycles. The summed E-state index contributed by atoms with van der Waals surface area (Å²) in [6.07, 6.45) is 0. The zero-order chi connectivity index (χ0) is 30.2. The highest BCUT2D eigenvalue weighted by atomic mass is 14.8. The van der Waals surface area contributed by atoms with Gasteiger partial charge in [-0.1, -0.05) is 127 Å². The average molecular weight is 577 g/mol. The van der Waals surface area contributed by atoms with Crippen molar-refractivity contribution in [2.24, 2.45) is 0 Å². The van der Waals surface area contributed by atoms with Crippen molar-refractivity contribution in [3.05, 3.63) is 157 Å². The lowest BCUT2D eigenvalue weighted by molar-refractivity contribution is 1.28. The molecule has 6 aromatic carbocycles. The van der Waals surface area contributed by atoms with Crippen molar-refractivity contribution in [1.82, 2.24) is 19.9 Å². The molecular formula is C41H28N4. The van der Waals surface area contributed by atoms with Gasteiger partial charge < -0.3 is 0 Å². The second kappa shape index (κ2) is 11.3. The van der Waals surface area contributed by atoms with Crippen LogP contribution in [0.5, 0.6) is 0 Å². The van der Waals surface area contributed by atoms with Crippen LogP contribution in [0.1, 0.15) is 5.56 Å². The van der Waals surface area contributed by atoms with Gasteiger partial charge in [0.1, 0.15) is 0 Å². The number of hydrogen-bond donors (Lipinski definition) is 0. The van der Waals surface area contributed by atoms with Gasteiger partial charge in [0.2, 0.25) is 0 Å². The van der Waals surface area contributed by atoms with Crippen LogP contribution in [-0.4, -0.2) is 19.9 Å². The summed E-state index contributed by atoms with van der Waals surface area (Å²) in [4.78, 5) is 20.7. The molecule has 8 rings (SSSR count). The van der Waals surface area contributed by atoms with Crippen molar-refractivity contribution in [1.29, 1.82) is 0 Å². The molecule has 0 atom stereocenters. The second-order valence-corrected chi connectivity index (χ2v) is 11.2. The molecule has 4 nitrogen and oxygen atoms in total. The molecule has 0 bridgehead atoms. The standard InChI is InChI=1S/C41H28N4/c1-27-13-11-12-20-33(27)41-40(30-18-9-4-10-19-30)43-35-24-22-32(26-37(35)45-41)31-21-23-34-36(25-31)44-39(29-16-7-3-8-17-29)38(42-34)28-14-5-2-6-15-28/h2-26H,1H3. The van der Waals surface area contributed by atoms with Gasteiger partial charge in [-0.2, -0.15) is 0 Å². The normalized spacial score (nSPS) is 11.2. The molecule has 212 valence electrons. The van der Waals surface area contributed by atoms with Gasteiger partial charge in [-0.15, -0.1) is 0 Å². The molecule has 0 amide bonds. The maximum absolute atomic E-state index is 5.24. The fraction of sp³-hybridized carbons (Fsp3) is 0.0244. The van der Waals surface area contributed by atoms with E-state index in [2.05, 4.69) is 104 Å². The summed E-state index contributed by atoms with van der Waals surface area (Å²) >= 11 is 0. The minimum atomic E-state index is 0.845. The summed E-state index contributed by atoms with van der Waals surface area (Å²) in [6.45, 7) is 2.12. The Morgan fingerprint density at radius 2 is 0.689 bits per heavy atom. The Bertz CT molecular complexity index is 2320. The number of aryl methyl sites for hydroxylation is 1. The van der Waals surface area contributed by atoms with Gasteiger partial charge in [0, 0.05) is 22.3 Å². The molecule has 2 aromatic heterocycles. The van der Waals surface area contributed by atoms with Gasteiger partial charge >= 0.3 is 0 Å². The first-order valence-corrected chi connectivity index (χ1v) is 15.1. The molecule has 0 saturated carbocycles. The Morgan fingerprint density at radius 1 is 0.311 bits per heavy atom. The van der Waals surface area contributed by atoms with Gasteiger partial charge in [0.15, 0.2) is 0 Å². The van der Waals surface area contributed by atoms with Crippen LogP contribution in [0.15, 0.2) is 152 Å². The zero-order valence-corrected chi connectivity index (χ0v) is 24.7. The molecule has 0 N–H and O–H groups in total. The van der Waals surface area contributed by atoms with Crippen LogP contribution in [-0.2, 0) is 0 Å². The Morgan fingerprint density at radius 3 is 1.16 bits per heavy atom. The number of nitrogens with zero attached hydrogens (tertiary/aromatic N) is 4. The quantitative estimate of drug-likeness (QED) is 0.205. The number of rotatable bonds is 5. The maximum Gasteiger partial charge on any atom is 0.0975 e. The number of aromatic nitrogens is 4. The first-order chi connectivity index (χ1) is 22.2. The van der Waals surface area contributed by atoms with Crippen molar-refractivity contribution in [3.8, 4) is 56.2 Å². The molecule has 0 aliphatic rings. The van der Waals surface area contributed by atoms with E-state index in [1.165, 1.54) is 0 Å². The fourth-order valence-electron chi connectivity index (χ4n) is 5.89. The van der Waals surface area contributed by atoms with E-state index in [1.54, 1.807) is 0 Å². The van der Waals surface area contributed by atoms with Crippen LogP contribution in [0, 0.1) is 6.92 Å². The lowest BCUT2D eigenvalue weighted by atomic mass is 9.99. The summed E-state index contributed by atoms with van der Waals surface area (Å²) < 4.78 is 0. The van der Waals surface area contributed by atoms with Crippen LogP contribution in [0.4, 0.5) is 0 Å². The Labute approximate surface area is 261 Å². The van der Waals surface area contributed by atoms with Crippen LogP contribution in [0.25, 0.3) is 78.2 Å². The lowest BCUT2D eigenvalue weighted by Gasteiger charge is -2.14. The van der Waals surface area contributed by atoms with Gasteiger partial charge in [0.25, 0.3) is 0 Å². The van der Waals surface area contributed by atoms with E-state index in [1.807, 2.05) is 54.6 Å². The highest BCUT2D eigenvalue weighted by Gasteiger charge is 2.17. The van der Waals surface area contributed by atoms with E-state index in [4.69, 9.17) is 19.9 Å². The summed E-state index contributed by atoms with van der Waals surface area (Å²) in [7, 11) is 0. The minimum Gasteiger partial charge on any atom is -0.244 e. The second-order valence-electron chi connectivity index (χ2n) is 11.2. The van der Waals surface area contributed by atoms with E-state index in [0.717, 1.165) is 83.8 Å². The van der Waals surface area contributed by atoms with Crippen molar-refractivity contribution in [2.45, 2.75) is 6.92 Å². The smallest absolute Gasteiger partial charge is 0.0975 e. The molecular weight excluding hydrogens is 548 g/mol. The molecule has 0 spiro atoms. The Hall–Kier alpha value is -6.00. The van der Waals surface area contributed by atoms with Crippen molar-refractivity contribution in [2.75, 3.05) is 0 Å². The Balaban J connectivity index is 1.28. The monoisotopic (exact) mass is 576 g/mol. The topological polar surface area (TPSA) is 51.6 Å². The molecule has 0 saturated heterocycles. The first-order valence-electron chi connectivity index (χ1n) is 15.1. The van der Waals surface area contributed by atoms with Gasteiger partial charge in [-0.05, 0) is 47.9 Å².